The third kappa shape index (κ3) is 11.5. The van der Waals surface area contributed by atoms with Crippen molar-refractivity contribution >= 4 is 46.9 Å². The summed E-state index contributed by atoms with van der Waals surface area (Å²) in [7, 11) is 0. The Morgan fingerprint density at radius 1 is 0.649 bits per heavy atom. The predicted molar refractivity (Wildman–Crippen MR) is 143 cm³/mol. The van der Waals surface area contributed by atoms with E-state index in [0.29, 0.717) is 34.4 Å². The van der Waals surface area contributed by atoms with E-state index in [1.54, 1.807) is 62.4 Å². The highest BCUT2D eigenvalue weighted by Gasteiger charge is 2.06. The van der Waals surface area contributed by atoms with Crippen LogP contribution in [-0.2, 0) is 19.2 Å². The van der Waals surface area contributed by atoms with Crippen LogP contribution in [0, 0.1) is 0 Å². The highest BCUT2D eigenvalue weighted by molar-refractivity contribution is 7.99. The lowest BCUT2D eigenvalue weighted by Crippen LogP contribution is -2.20. The molecule has 10 nitrogen and oxygen atoms in total. The maximum Gasteiger partial charge on any atom is 0.308 e. The number of amides is 2. The minimum Gasteiger partial charge on any atom is -0.427 e. The van der Waals surface area contributed by atoms with Crippen LogP contribution in [0.5, 0.6) is 11.5 Å². The highest BCUT2D eigenvalue weighted by atomic mass is 32.2. The molecule has 0 saturated heterocycles. The van der Waals surface area contributed by atoms with Crippen LogP contribution in [0.3, 0.4) is 0 Å². The molecular formula is C26H30N4O6S. The molecule has 0 saturated carbocycles. The smallest absolute Gasteiger partial charge is 0.308 e. The van der Waals surface area contributed by atoms with Gasteiger partial charge in [0.2, 0.25) is 11.8 Å². The van der Waals surface area contributed by atoms with Gasteiger partial charge in [-0.15, -0.1) is 0 Å². The van der Waals surface area contributed by atoms with E-state index in [2.05, 4.69) is 21.1 Å². The van der Waals surface area contributed by atoms with Crippen LogP contribution in [0.15, 0.2) is 58.7 Å². The molecule has 196 valence electrons. The van der Waals surface area contributed by atoms with Crippen LogP contribution in [0.2, 0.25) is 0 Å². The Kier molecular flexibility index (Phi) is 12.0. The quantitative estimate of drug-likeness (QED) is 0.142. The molecule has 2 N–H and O–H groups in total. The van der Waals surface area contributed by atoms with E-state index in [-0.39, 0.29) is 24.7 Å². The van der Waals surface area contributed by atoms with E-state index < -0.39 is 11.9 Å². The first-order valence-corrected chi connectivity index (χ1v) is 12.6. The van der Waals surface area contributed by atoms with Crippen LogP contribution in [0.4, 0.5) is 0 Å². The first-order chi connectivity index (χ1) is 17.6. The van der Waals surface area contributed by atoms with Crippen molar-refractivity contribution in [1.82, 2.24) is 10.9 Å². The average molecular weight is 527 g/mol. The molecule has 0 aliphatic rings. The lowest BCUT2D eigenvalue weighted by Gasteiger charge is -2.06. The van der Waals surface area contributed by atoms with Gasteiger partial charge in [0.15, 0.2) is 0 Å². The summed E-state index contributed by atoms with van der Waals surface area (Å²) in [6.07, 6.45) is 0.518. The van der Waals surface area contributed by atoms with Crippen LogP contribution in [-0.4, -0.2) is 46.7 Å². The first kappa shape index (κ1) is 29.2. The van der Waals surface area contributed by atoms with Gasteiger partial charge in [0.1, 0.15) is 11.5 Å². The summed E-state index contributed by atoms with van der Waals surface area (Å²) in [6.45, 7) is 6.18. The summed E-state index contributed by atoms with van der Waals surface area (Å²) in [4.78, 5) is 46.0. The Hall–Kier alpha value is -3.99. The number of hydrogen-bond donors (Lipinski definition) is 2. The average Bonchev–Trinajstić information content (AvgIpc) is 2.85. The van der Waals surface area contributed by atoms with Crippen molar-refractivity contribution in [2.45, 2.75) is 40.5 Å². The number of rotatable bonds is 12. The van der Waals surface area contributed by atoms with Crippen molar-refractivity contribution in [2.75, 3.05) is 11.5 Å². The maximum atomic E-state index is 12.0. The predicted octanol–water partition coefficient (Wildman–Crippen LogP) is 3.43. The number of ether oxygens (including phenoxy) is 2. The number of hydrazone groups is 2. The number of thioether (sulfide) groups is 1. The topological polar surface area (TPSA) is 136 Å². The lowest BCUT2D eigenvalue weighted by atomic mass is 10.1. The monoisotopic (exact) mass is 526 g/mol. The van der Waals surface area contributed by atoms with Crippen molar-refractivity contribution in [2.24, 2.45) is 10.2 Å². The van der Waals surface area contributed by atoms with Crippen LogP contribution >= 0.6 is 11.8 Å². The van der Waals surface area contributed by atoms with E-state index in [1.165, 1.54) is 25.6 Å². The molecule has 0 aromatic heterocycles. The van der Waals surface area contributed by atoms with Gasteiger partial charge in [0.05, 0.1) is 11.4 Å². The number of benzene rings is 2. The zero-order valence-corrected chi connectivity index (χ0v) is 22.0. The standard InChI is InChI=1S/C26H30N4O6S/c1-17(21-5-9-23(10-6-21)35-19(3)31)27-29-25(33)13-15-37-16-14-26(34)30-28-18(2)22-7-11-24(12-8-22)36-20(4)32/h5-12H,13-16H2,1-4H3,(H,29,33)(H,30,34). The van der Waals surface area contributed by atoms with Gasteiger partial charge in [0.25, 0.3) is 0 Å². The van der Waals surface area contributed by atoms with E-state index in [4.69, 9.17) is 9.47 Å². The normalized spacial score (nSPS) is 11.5. The molecule has 0 atom stereocenters. The third-order valence-electron chi connectivity index (χ3n) is 4.71. The van der Waals surface area contributed by atoms with E-state index in [9.17, 15) is 19.2 Å². The Bertz CT molecular complexity index is 1070. The van der Waals surface area contributed by atoms with E-state index >= 15 is 0 Å². The van der Waals surface area contributed by atoms with Crippen molar-refractivity contribution in [3.63, 3.8) is 0 Å². The van der Waals surface area contributed by atoms with Gasteiger partial charge < -0.3 is 9.47 Å². The van der Waals surface area contributed by atoms with Crippen molar-refractivity contribution in [3.05, 3.63) is 59.7 Å². The SMILES string of the molecule is CC(=O)Oc1ccc(C(C)=NNC(=O)CCSCCC(=O)NN=C(C)c2ccc(OC(C)=O)cc2)cc1. The van der Waals surface area contributed by atoms with E-state index in [1.807, 2.05) is 0 Å². The summed E-state index contributed by atoms with van der Waals surface area (Å²) < 4.78 is 9.97. The minimum atomic E-state index is -0.395. The molecule has 11 heteroatoms. The van der Waals surface area contributed by atoms with Gasteiger partial charge in [-0.25, -0.2) is 10.9 Å². The fourth-order valence-electron chi connectivity index (χ4n) is 2.83. The Balaban J connectivity index is 1.64. The number of carbonyl (C=O) groups is 4. The second-order valence-corrected chi connectivity index (χ2v) is 9.04. The minimum absolute atomic E-state index is 0.229. The number of nitrogens with one attached hydrogen (secondary N) is 2. The second kappa shape index (κ2) is 15.2. The van der Waals surface area contributed by atoms with Crippen molar-refractivity contribution in [1.29, 1.82) is 0 Å². The number of nitrogens with zero attached hydrogens (tertiary/aromatic N) is 2. The van der Waals surface area contributed by atoms with Gasteiger partial charge in [-0.1, -0.05) is 0 Å². The molecule has 2 aromatic rings. The highest BCUT2D eigenvalue weighted by Crippen LogP contribution is 2.14. The Morgan fingerprint density at radius 3 is 1.32 bits per heavy atom. The molecular weight excluding hydrogens is 496 g/mol. The number of esters is 2. The third-order valence-corrected chi connectivity index (χ3v) is 5.70. The van der Waals surface area contributed by atoms with Gasteiger partial charge in [-0.3, -0.25) is 19.2 Å². The molecule has 0 spiro atoms. The zero-order chi connectivity index (χ0) is 27.2. The second-order valence-electron chi connectivity index (χ2n) is 7.81. The van der Waals surface area contributed by atoms with Gasteiger partial charge in [-0.2, -0.15) is 22.0 Å². The summed E-state index contributed by atoms with van der Waals surface area (Å²) in [5.41, 5.74) is 7.83. The number of carbonyl (C=O) groups excluding carboxylic acids is 4. The summed E-state index contributed by atoms with van der Waals surface area (Å²) in [6, 6.07) is 13.6. The molecule has 0 radical (unpaired) electrons. The van der Waals surface area contributed by atoms with Gasteiger partial charge in [-0.05, 0) is 73.5 Å². The van der Waals surface area contributed by atoms with E-state index in [0.717, 1.165) is 11.1 Å². The molecule has 2 amide bonds. The van der Waals surface area contributed by atoms with Crippen LogP contribution in [0.1, 0.15) is 51.7 Å². The Morgan fingerprint density at radius 2 is 1.00 bits per heavy atom. The number of hydrogen-bond acceptors (Lipinski definition) is 9. The van der Waals surface area contributed by atoms with Crippen LogP contribution in [0.25, 0.3) is 0 Å². The summed E-state index contributed by atoms with van der Waals surface area (Å²) >= 11 is 1.48. The lowest BCUT2D eigenvalue weighted by molar-refractivity contribution is -0.132. The van der Waals surface area contributed by atoms with Gasteiger partial charge in [0, 0.05) is 38.2 Å². The zero-order valence-electron chi connectivity index (χ0n) is 21.2. The van der Waals surface area contributed by atoms with Crippen molar-refractivity contribution < 1.29 is 28.7 Å². The molecule has 2 rings (SSSR count). The molecule has 0 heterocycles. The molecule has 0 fully saturated rings. The van der Waals surface area contributed by atoms with Crippen molar-refractivity contribution in [3.8, 4) is 11.5 Å². The maximum absolute atomic E-state index is 12.0. The largest absolute Gasteiger partial charge is 0.427 e. The molecule has 0 bridgehead atoms. The van der Waals surface area contributed by atoms with Crippen LogP contribution < -0.4 is 20.3 Å². The summed E-state index contributed by atoms with van der Waals surface area (Å²) in [5.74, 6) is 0.716. The molecule has 0 aliphatic carbocycles. The molecule has 2 aromatic carbocycles. The fraction of sp³-hybridized carbons (Fsp3) is 0.308. The fourth-order valence-corrected chi connectivity index (χ4v) is 3.69. The first-order valence-electron chi connectivity index (χ1n) is 11.5. The molecule has 0 unspecified atom stereocenters. The molecule has 0 aliphatic heterocycles. The summed E-state index contributed by atoms with van der Waals surface area (Å²) in [5, 5.41) is 8.19. The Labute approximate surface area is 219 Å². The van der Waals surface area contributed by atoms with Gasteiger partial charge >= 0.3 is 11.9 Å². The molecule has 37 heavy (non-hydrogen) atoms.